The molecule has 0 atom stereocenters. The van der Waals surface area contributed by atoms with Crippen LogP contribution in [0.2, 0.25) is 0 Å². The average molecular weight is 434 g/mol. The molecule has 1 aromatic heterocycles. The second-order valence-electron chi connectivity index (χ2n) is 5.09. The van der Waals surface area contributed by atoms with Crippen LogP contribution in [0.3, 0.4) is 0 Å². The number of halogens is 1. The van der Waals surface area contributed by atoms with Crippen molar-refractivity contribution in [3.8, 4) is 0 Å². The Balaban J connectivity index is 0.00000264. The van der Waals surface area contributed by atoms with Gasteiger partial charge in [0.15, 0.2) is 5.96 Å². The lowest BCUT2D eigenvalue weighted by Gasteiger charge is -2.25. The quantitative estimate of drug-likeness (QED) is 0.300. The minimum atomic E-state index is -0.0871. The number of rotatable bonds is 5. The zero-order valence-electron chi connectivity index (χ0n) is 13.4. The molecule has 1 aliphatic heterocycles. The number of imide groups is 1. The summed E-state index contributed by atoms with van der Waals surface area (Å²) in [7, 11) is 3.55. The van der Waals surface area contributed by atoms with Crippen molar-refractivity contribution in [1.82, 2.24) is 25.3 Å². The molecule has 8 nitrogen and oxygen atoms in total. The van der Waals surface area contributed by atoms with E-state index in [1.54, 1.807) is 17.9 Å². The van der Waals surface area contributed by atoms with Crippen LogP contribution in [0, 0.1) is 0 Å². The van der Waals surface area contributed by atoms with Crippen LogP contribution in [0.4, 0.5) is 0 Å². The predicted octanol–water partition coefficient (Wildman–Crippen LogP) is 0.242. The number of aromatic nitrogens is 2. The third-order valence-corrected chi connectivity index (χ3v) is 3.59. The van der Waals surface area contributed by atoms with E-state index in [2.05, 4.69) is 20.7 Å². The predicted molar refractivity (Wildman–Crippen MR) is 97.4 cm³/mol. The maximum atomic E-state index is 11.7. The molecular weight excluding hydrogens is 411 g/mol. The van der Waals surface area contributed by atoms with Gasteiger partial charge in [0.1, 0.15) is 0 Å². The fourth-order valence-electron chi connectivity index (χ4n) is 2.30. The fourth-order valence-corrected chi connectivity index (χ4v) is 2.30. The van der Waals surface area contributed by atoms with Crippen LogP contribution in [0.25, 0.3) is 0 Å². The van der Waals surface area contributed by atoms with E-state index in [0.717, 1.165) is 5.69 Å². The lowest BCUT2D eigenvalue weighted by Crippen LogP contribution is -2.46. The Labute approximate surface area is 152 Å². The molecule has 0 aromatic carbocycles. The normalized spacial score (nSPS) is 15.4. The van der Waals surface area contributed by atoms with E-state index in [1.807, 2.05) is 13.1 Å². The smallest absolute Gasteiger partial charge is 0.229 e. The summed E-state index contributed by atoms with van der Waals surface area (Å²) in [4.78, 5) is 28.8. The summed E-state index contributed by atoms with van der Waals surface area (Å²) in [5.74, 6) is 0.449. The molecule has 0 aliphatic carbocycles. The third kappa shape index (κ3) is 5.48. The molecule has 0 spiro atoms. The van der Waals surface area contributed by atoms with Crippen molar-refractivity contribution in [2.75, 3.05) is 20.1 Å². The Hall–Kier alpha value is -1.65. The number of piperidine rings is 1. The SMILES string of the molecule is CN=C(NCCN1C(=O)CCCC1=O)NCc1ccnn1C.I. The summed E-state index contributed by atoms with van der Waals surface area (Å²) >= 11 is 0. The van der Waals surface area contributed by atoms with Gasteiger partial charge >= 0.3 is 0 Å². The number of likely N-dealkylation sites (tertiary alicyclic amines) is 1. The van der Waals surface area contributed by atoms with Crippen molar-refractivity contribution in [2.24, 2.45) is 12.0 Å². The van der Waals surface area contributed by atoms with E-state index < -0.39 is 0 Å². The molecule has 1 fully saturated rings. The number of hydrogen-bond donors (Lipinski definition) is 2. The zero-order valence-corrected chi connectivity index (χ0v) is 15.7. The minimum absolute atomic E-state index is 0. The van der Waals surface area contributed by atoms with E-state index in [0.29, 0.717) is 44.9 Å². The molecule has 0 radical (unpaired) electrons. The molecule has 1 saturated heterocycles. The standard InChI is InChI=1S/C14H22N6O2.HI/c1-15-14(17-10-11-6-7-18-19(11)2)16-8-9-20-12(21)4-3-5-13(20)22;/h6-7H,3-5,8-10H2,1-2H3,(H2,15,16,17);1H. The Bertz CT molecular complexity index is 555. The Morgan fingerprint density at radius 3 is 2.57 bits per heavy atom. The molecule has 2 heterocycles. The van der Waals surface area contributed by atoms with Gasteiger partial charge in [0.05, 0.1) is 12.2 Å². The average Bonchev–Trinajstić information content (AvgIpc) is 2.90. The highest BCUT2D eigenvalue weighted by Gasteiger charge is 2.25. The van der Waals surface area contributed by atoms with Gasteiger partial charge in [-0.25, -0.2) is 0 Å². The topological polar surface area (TPSA) is 91.6 Å². The number of nitrogens with zero attached hydrogens (tertiary/aromatic N) is 4. The van der Waals surface area contributed by atoms with E-state index >= 15 is 0 Å². The molecule has 1 aliphatic rings. The second kappa shape index (κ2) is 9.48. The number of carbonyl (C=O) groups excluding carboxylic acids is 2. The van der Waals surface area contributed by atoms with E-state index in [1.165, 1.54) is 4.90 Å². The van der Waals surface area contributed by atoms with Gasteiger partial charge in [0.2, 0.25) is 11.8 Å². The van der Waals surface area contributed by atoms with Crippen LogP contribution in [-0.2, 0) is 23.2 Å². The molecule has 1 aromatic rings. The van der Waals surface area contributed by atoms with Gasteiger partial charge in [-0.3, -0.25) is 24.2 Å². The Morgan fingerprint density at radius 1 is 1.30 bits per heavy atom. The first-order chi connectivity index (χ1) is 10.6. The molecule has 0 saturated carbocycles. The summed E-state index contributed by atoms with van der Waals surface area (Å²) in [6.45, 7) is 1.43. The van der Waals surface area contributed by atoms with Crippen LogP contribution in [-0.4, -0.2) is 52.6 Å². The summed E-state index contributed by atoms with van der Waals surface area (Å²) < 4.78 is 1.78. The number of nitrogens with one attached hydrogen (secondary N) is 2. The van der Waals surface area contributed by atoms with E-state index in [4.69, 9.17) is 0 Å². The van der Waals surface area contributed by atoms with E-state index in [-0.39, 0.29) is 35.8 Å². The lowest BCUT2D eigenvalue weighted by molar-refractivity contribution is -0.147. The Kier molecular flexibility index (Phi) is 8.00. The monoisotopic (exact) mass is 434 g/mol. The molecule has 23 heavy (non-hydrogen) atoms. The number of aryl methyl sites for hydroxylation is 1. The number of aliphatic imine (C=N–C) groups is 1. The molecule has 128 valence electrons. The van der Waals surface area contributed by atoms with Crippen LogP contribution in [0.5, 0.6) is 0 Å². The third-order valence-electron chi connectivity index (χ3n) is 3.59. The van der Waals surface area contributed by atoms with Crippen LogP contribution in [0.15, 0.2) is 17.3 Å². The molecule has 0 unspecified atom stereocenters. The van der Waals surface area contributed by atoms with Crippen molar-refractivity contribution in [3.63, 3.8) is 0 Å². The summed E-state index contributed by atoms with van der Waals surface area (Å²) in [5.41, 5.74) is 1.03. The first kappa shape index (κ1) is 19.4. The summed E-state index contributed by atoms with van der Waals surface area (Å²) in [5, 5.41) is 10.4. The number of hydrogen-bond acceptors (Lipinski definition) is 4. The molecule has 9 heteroatoms. The highest BCUT2D eigenvalue weighted by Crippen LogP contribution is 2.11. The summed E-state index contributed by atoms with van der Waals surface area (Å²) in [6, 6.07) is 1.92. The van der Waals surface area contributed by atoms with Crippen LogP contribution in [0.1, 0.15) is 25.0 Å². The van der Waals surface area contributed by atoms with Crippen LogP contribution < -0.4 is 10.6 Å². The van der Waals surface area contributed by atoms with Gasteiger partial charge in [0, 0.05) is 46.2 Å². The second-order valence-corrected chi connectivity index (χ2v) is 5.09. The fraction of sp³-hybridized carbons (Fsp3) is 0.571. The lowest BCUT2D eigenvalue weighted by atomic mass is 10.1. The van der Waals surface area contributed by atoms with Gasteiger partial charge < -0.3 is 10.6 Å². The highest BCUT2D eigenvalue weighted by molar-refractivity contribution is 14.0. The van der Waals surface area contributed by atoms with Gasteiger partial charge in [0.25, 0.3) is 0 Å². The van der Waals surface area contributed by atoms with E-state index in [9.17, 15) is 9.59 Å². The minimum Gasteiger partial charge on any atom is -0.355 e. The molecular formula is C14H23IN6O2. The molecule has 2 rings (SSSR count). The molecule has 0 bridgehead atoms. The first-order valence-corrected chi connectivity index (χ1v) is 7.36. The van der Waals surface area contributed by atoms with Crippen molar-refractivity contribution >= 4 is 41.8 Å². The molecule has 2 N–H and O–H groups in total. The highest BCUT2D eigenvalue weighted by atomic mass is 127. The molecule has 2 amide bonds. The van der Waals surface area contributed by atoms with Crippen molar-refractivity contribution in [2.45, 2.75) is 25.8 Å². The Morgan fingerprint density at radius 2 is 2.00 bits per heavy atom. The number of guanidine groups is 1. The largest absolute Gasteiger partial charge is 0.355 e. The van der Waals surface area contributed by atoms with Gasteiger partial charge in [-0.15, -0.1) is 24.0 Å². The number of carbonyl (C=O) groups is 2. The first-order valence-electron chi connectivity index (χ1n) is 7.36. The van der Waals surface area contributed by atoms with Crippen molar-refractivity contribution in [3.05, 3.63) is 18.0 Å². The maximum Gasteiger partial charge on any atom is 0.229 e. The van der Waals surface area contributed by atoms with Gasteiger partial charge in [-0.05, 0) is 12.5 Å². The summed E-state index contributed by atoms with van der Waals surface area (Å²) in [6.07, 6.45) is 3.31. The maximum absolute atomic E-state index is 11.7. The van der Waals surface area contributed by atoms with Gasteiger partial charge in [-0.1, -0.05) is 0 Å². The van der Waals surface area contributed by atoms with Crippen LogP contribution >= 0.6 is 24.0 Å². The number of amides is 2. The van der Waals surface area contributed by atoms with Crippen molar-refractivity contribution < 1.29 is 9.59 Å². The van der Waals surface area contributed by atoms with Crippen molar-refractivity contribution in [1.29, 1.82) is 0 Å². The van der Waals surface area contributed by atoms with Gasteiger partial charge in [-0.2, -0.15) is 5.10 Å². The zero-order chi connectivity index (χ0) is 15.9.